The minimum absolute atomic E-state index is 0.251. The van der Waals surface area contributed by atoms with Crippen LogP contribution in [0.3, 0.4) is 0 Å². The number of nitrogen functional groups attached to an aromatic ring is 1. The first-order chi connectivity index (χ1) is 12.1. The number of anilines is 1. The number of nitrogens with two attached hydrogens (primary N) is 2. The molecule has 1 aromatic heterocycles. The average molecular weight is 343 g/mol. The second kappa shape index (κ2) is 8.68. The Morgan fingerprint density at radius 3 is 2.76 bits per heavy atom. The number of nitrogens with zero attached hydrogens (tertiary/aromatic N) is 4. The summed E-state index contributed by atoms with van der Waals surface area (Å²) in [5.74, 6) is 0.323. The van der Waals surface area contributed by atoms with Crippen LogP contribution in [0.4, 0.5) is 10.2 Å². The van der Waals surface area contributed by atoms with Gasteiger partial charge < -0.3 is 16.8 Å². The van der Waals surface area contributed by atoms with Crippen molar-refractivity contribution < 1.29 is 4.39 Å². The summed E-state index contributed by atoms with van der Waals surface area (Å²) in [6.07, 6.45) is 2.22. The minimum Gasteiger partial charge on any atom is -0.382 e. The Morgan fingerprint density at radius 2 is 2.12 bits per heavy atom. The number of nitriles is 1. The zero-order chi connectivity index (χ0) is 18.2. The molecule has 1 aromatic carbocycles. The average Bonchev–Trinajstić information content (AvgIpc) is 2.93. The first kappa shape index (κ1) is 18.3. The van der Waals surface area contributed by atoms with Crippen molar-refractivity contribution in [2.75, 3.05) is 18.8 Å². The van der Waals surface area contributed by atoms with E-state index in [1.165, 1.54) is 16.8 Å². The molecular formula is C17H22FN7. The number of hydrogen-bond acceptors (Lipinski definition) is 4. The monoisotopic (exact) mass is 343 g/mol. The van der Waals surface area contributed by atoms with Crippen LogP contribution in [-0.2, 0) is 6.42 Å². The lowest BCUT2D eigenvalue weighted by molar-refractivity contribution is 0.627. The summed E-state index contributed by atoms with van der Waals surface area (Å²) in [5.41, 5.74) is 13.3. The molecule has 0 bridgehead atoms. The number of rotatable bonds is 7. The lowest BCUT2D eigenvalue weighted by atomic mass is 10.1. The summed E-state index contributed by atoms with van der Waals surface area (Å²) in [6, 6.07) is 7.87. The van der Waals surface area contributed by atoms with E-state index < -0.39 is 0 Å². The van der Waals surface area contributed by atoms with Gasteiger partial charge in [-0.25, -0.2) is 9.07 Å². The summed E-state index contributed by atoms with van der Waals surface area (Å²) < 4.78 is 14.5. The van der Waals surface area contributed by atoms with Crippen molar-refractivity contribution >= 4 is 11.8 Å². The molecule has 0 amide bonds. The molecule has 25 heavy (non-hydrogen) atoms. The molecule has 5 N–H and O–H groups in total. The van der Waals surface area contributed by atoms with Crippen LogP contribution < -0.4 is 16.8 Å². The fourth-order valence-electron chi connectivity index (χ4n) is 2.31. The Labute approximate surface area is 146 Å². The van der Waals surface area contributed by atoms with Gasteiger partial charge in [-0.3, -0.25) is 4.99 Å². The zero-order valence-electron chi connectivity index (χ0n) is 14.2. The van der Waals surface area contributed by atoms with Gasteiger partial charge in [0.05, 0.1) is 11.4 Å². The fraction of sp³-hybridized carbons (Fsp3) is 0.353. The van der Waals surface area contributed by atoms with Crippen LogP contribution in [0.5, 0.6) is 0 Å². The quantitative estimate of drug-likeness (QED) is 0.402. The molecule has 0 aliphatic rings. The zero-order valence-corrected chi connectivity index (χ0v) is 14.2. The van der Waals surface area contributed by atoms with E-state index in [0.29, 0.717) is 42.4 Å². The van der Waals surface area contributed by atoms with Gasteiger partial charge in [0, 0.05) is 13.1 Å². The van der Waals surface area contributed by atoms with Crippen LogP contribution in [0.15, 0.2) is 29.3 Å². The number of halogens is 1. The second-order valence-corrected chi connectivity index (χ2v) is 5.50. The molecule has 7 nitrogen and oxygen atoms in total. The third kappa shape index (κ3) is 4.70. The van der Waals surface area contributed by atoms with E-state index in [1.54, 1.807) is 12.1 Å². The van der Waals surface area contributed by atoms with Crippen LogP contribution >= 0.6 is 0 Å². The summed E-state index contributed by atoms with van der Waals surface area (Å²) in [4.78, 5) is 4.15. The van der Waals surface area contributed by atoms with E-state index in [9.17, 15) is 9.65 Å². The third-order valence-electron chi connectivity index (χ3n) is 3.58. The molecule has 0 spiro atoms. The molecule has 132 valence electrons. The Hall–Kier alpha value is -3.08. The highest BCUT2D eigenvalue weighted by atomic mass is 19.1. The maximum atomic E-state index is 13.1. The van der Waals surface area contributed by atoms with E-state index in [0.717, 1.165) is 12.8 Å². The molecule has 8 heteroatoms. The SMILES string of the molecule is CCCN=C(N)NCCCc1nn(-c2ccc(F)cc2)c(N)c1C#N. The number of aliphatic imine (C=N–C) groups is 1. The summed E-state index contributed by atoms with van der Waals surface area (Å²) in [7, 11) is 0. The van der Waals surface area contributed by atoms with Crippen LogP contribution in [0.2, 0.25) is 0 Å². The number of guanidine groups is 1. The lowest BCUT2D eigenvalue weighted by Gasteiger charge is -2.04. The normalized spacial score (nSPS) is 11.3. The number of hydrogen-bond donors (Lipinski definition) is 3. The largest absolute Gasteiger partial charge is 0.382 e. The minimum atomic E-state index is -0.344. The molecular weight excluding hydrogens is 321 g/mol. The van der Waals surface area contributed by atoms with Gasteiger partial charge >= 0.3 is 0 Å². The van der Waals surface area contributed by atoms with Gasteiger partial charge in [-0.2, -0.15) is 10.4 Å². The van der Waals surface area contributed by atoms with Crippen LogP contribution in [0.25, 0.3) is 5.69 Å². The molecule has 0 unspecified atom stereocenters. The lowest BCUT2D eigenvalue weighted by Crippen LogP contribution is -2.32. The van der Waals surface area contributed by atoms with E-state index in [2.05, 4.69) is 21.5 Å². The molecule has 2 aromatic rings. The first-order valence-corrected chi connectivity index (χ1v) is 8.14. The summed E-state index contributed by atoms with van der Waals surface area (Å²) in [5, 5.41) is 16.8. The molecule has 0 fully saturated rings. The molecule has 0 aliphatic heterocycles. The van der Waals surface area contributed by atoms with Crippen molar-refractivity contribution in [3.05, 3.63) is 41.3 Å². The predicted molar refractivity (Wildman–Crippen MR) is 95.8 cm³/mol. The highest BCUT2D eigenvalue weighted by molar-refractivity contribution is 5.77. The van der Waals surface area contributed by atoms with Crippen LogP contribution in [0, 0.1) is 17.1 Å². The van der Waals surface area contributed by atoms with E-state index >= 15 is 0 Å². The highest BCUT2D eigenvalue weighted by Gasteiger charge is 2.16. The standard InChI is InChI=1S/C17H22FN7/c1-2-9-22-17(21)23-10-3-4-15-14(11-19)16(20)25(24-15)13-7-5-12(18)6-8-13/h5-8H,2-4,9-10,20H2,1H3,(H3,21,22,23). The predicted octanol–water partition coefficient (Wildman–Crippen LogP) is 1.71. The van der Waals surface area contributed by atoms with Gasteiger partial charge in [0.1, 0.15) is 23.3 Å². The fourth-order valence-corrected chi connectivity index (χ4v) is 2.31. The molecule has 0 aliphatic carbocycles. The Balaban J connectivity index is 2.05. The smallest absolute Gasteiger partial charge is 0.188 e. The van der Waals surface area contributed by atoms with Crippen molar-refractivity contribution in [2.45, 2.75) is 26.2 Å². The topological polar surface area (TPSA) is 118 Å². The molecule has 1 heterocycles. The number of aromatic nitrogens is 2. The Kier molecular flexibility index (Phi) is 6.34. The maximum absolute atomic E-state index is 13.1. The van der Waals surface area contributed by atoms with Gasteiger partial charge in [-0.05, 0) is 43.5 Å². The van der Waals surface area contributed by atoms with Crippen molar-refractivity contribution in [2.24, 2.45) is 10.7 Å². The molecule has 0 saturated carbocycles. The van der Waals surface area contributed by atoms with Crippen molar-refractivity contribution in [1.29, 1.82) is 5.26 Å². The summed E-state index contributed by atoms with van der Waals surface area (Å²) in [6.45, 7) is 3.34. The second-order valence-electron chi connectivity index (χ2n) is 5.50. The maximum Gasteiger partial charge on any atom is 0.188 e. The van der Waals surface area contributed by atoms with Gasteiger partial charge in [0.25, 0.3) is 0 Å². The number of nitrogens with one attached hydrogen (secondary N) is 1. The summed E-state index contributed by atoms with van der Waals surface area (Å²) >= 11 is 0. The van der Waals surface area contributed by atoms with Crippen molar-refractivity contribution in [3.63, 3.8) is 0 Å². The van der Waals surface area contributed by atoms with Gasteiger partial charge in [-0.1, -0.05) is 6.92 Å². The van der Waals surface area contributed by atoms with E-state index in [1.807, 2.05) is 6.92 Å². The Morgan fingerprint density at radius 1 is 1.40 bits per heavy atom. The molecule has 0 saturated heterocycles. The van der Waals surface area contributed by atoms with E-state index in [-0.39, 0.29) is 11.6 Å². The highest BCUT2D eigenvalue weighted by Crippen LogP contribution is 2.21. The van der Waals surface area contributed by atoms with Crippen molar-refractivity contribution in [1.82, 2.24) is 15.1 Å². The van der Waals surface area contributed by atoms with Gasteiger partial charge in [0.15, 0.2) is 5.96 Å². The third-order valence-corrected chi connectivity index (χ3v) is 3.58. The van der Waals surface area contributed by atoms with Gasteiger partial charge in [-0.15, -0.1) is 0 Å². The van der Waals surface area contributed by atoms with Crippen LogP contribution in [0.1, 0.15) is 31.0 Å². The molecule has 0 radical (unpaired) electrons. The number of benzene rings is 1. The Bertz CT molecular complexity index is 772. The van der Waals surface area contributed by atoms with Crippen molar-refractivity contribution in [3.8, 4) is 11.8 Å². The molecule has 2 rings (SSSR count). The van der Waals surface area contributed by atoms with Gasteiger partial charge in [0.2, 0.25) is 0 Å². The number of aryl methyl sites for hydroxylation is 1. The first-order valence-electron chi connectivity index (χ1n) is 8.14. The van der Waals surface area contributed by atoms with E-state index in [4.69, 9.17) is 11.5 Å². The van der Waals surface area contributed by atoms with Crippen LogP contribution in [-0.4, -0.2) is 28.8 Å². The molecule has 0 atom stereocenters.